The lowest BCUT2D eigenvalue weighted by molar-refractivity contribution is 0.0939. The number of amides is 1. The first-order chi connectivity index (χ1) is 7.13. The number of aryl methyl sites for hydroxylation is 2. The average molecular weight is 203 g/mol. The fraction of sp³-hybridized carbons (Fsp3) is 0.462. The van der Waals surface area contributed by atoms with Crippen LogP contribution in [0.1, 0.15) is 46.3 Å². The van der Waals surface area contributed by atoms with E-state index in [1.165, 1.54) is 16.7 Å². The van der Waals surface area contributed by atoms with Gasteiger partial charge in [0.25, 0.3) is 5.91 Å². The van der Waals surface area contributed by atoms with E-state index in [0.29, 0.717) is 5.92 Å². The quantitative estimate of drug-likeness (QED) is 0.746. The zero-order chi connectivity index (χ0) is 11.0. The van der Waals surface area contributed by atoms with Crippen LogP contribution in [0.4, 0.5) is 0 Å². The van der Waals surface area contributed by atoms with Gasteiger partial charge in [-0.2, -0.15) is 0 Å². The Balaban J connectivity index is 2.57. The third-order valence-corrected chi connectivity index (χ3v) is 3.35. The van der Waals surface area contributed by atoms with E-state index in [-0.39, 0.29) is 5.91 Å². The van der Waals surface area contributed by atoms with Crippen LogP contribution < -0.4 is 5.32 Å². The lowest BCUT2D eigenvalue weighted by Crippen LogP contribution is -2.35. The van der Waals surface area contributed by atoms with Crippen LogP contribution in [-0.4, -0.2) is 12.5 Å². The van der Waals surface area contributed by atoms with Gasteiger partial charge in [-0.1, -0.05) is 13.0 Å². The van der Waals surface area contributed by atoms with Crippen molar-refractivity contribution in [2.45, 2.75) is 33.1 Å². The van der Waals surface area contributed by atoms with Gasteiger partial charge in [0.1, 0.15) is 0 Å². The van der Waals surface area contributed by atoms with Gasteiger partial charge in [0, 0.05) is 18.0 Å². The van der Waals surface area contributed by atoms with Crippen LogP contribution in [-0.2, 0) is 0 Å². The molecule has 0 aliphatic carbocycles. The average Bonchev–Trinajstić information content (AvgIpc) is 2.22. The van der Waals surface area contributed by atoms with Crippen molar-refractivity contribution in [2.24, 2.45) is 0 Å². The van der Waals surface area contributed by atoms with Gasteiger partial charge in [-0.3, -0.25) is 4.79 Å². The summed E-state index contributed by atoms with van der Waals surface area (Å²) in [5, 5.41) is 2.95. The number of rotatable bonds is 1. The van der Waals surface area contributed by atoms with E-state index in [2.05, 4.69) is 32.2 Å². The normalized spacial score (nSPS) is 19.7. The van der Waals surface area contributed by atoms with Crippen LogP contribution in [0, 0.1) is 13.8 Å². The second kappa shape index (κ2) is 3.69. The lowest BCUT2D eigenvalue weighted by Gasteiger charge is -2.25. The summed E-state index contributed by atoms with van der Waals surface area (Å²) >= 11 is 0. The predicted octanol–water partition coefficient (Wildman–Crippen LogP) is 2.54. The second-order valence-corrected chi connectivity index (χ2v) is 4.34. The van der Waals surface area contributed by atoms with Crippen molar-refractivity contribution in [3.63, 3.8) is 0 Å². The minimum absolute atomic E-state index is 0.0813. The maximum absolute atomic E-state index is 11.7. The van der Waals surface area contributed by atoms with Gasteiger partial charge in [0.05, 0.1) is 0 Å². The van der Waals surface area contributed by atoms with Gasteiger partial charge < -0.3 is 5.32 Å². The molecule has 0 saturated heterocycles. The Morgan fingerprint density at radius 3 is 2.67 bits per heavy atom. The minimum Gasteiger partial charge on any atom is -0.351 e. The monoisotopic (exact) mass is 203 g/mol. The Kier molecular flexibility index (Phi) is 2.51. The Morgan fingerprint density at radius 1 is 1.33 bits per heavy atom. The maximum Gasteiger partial charge on any atom is 0.251 e. The Bertz CT molecular complexity index is 409. The molecule has 1 aliphatic rings. The molecule has 1 atom stereocenters. The number of fused-ring (bicyclic) bond motifs is 1. The van der Waals surface area contributed by atoms with E-state index >= 15 is 0 Å². The molecule has 1 heterocycles. The smallest absolute Gasteiger partial charge is 0.251 e. The van der Waals surface area contributed by atoms with Gasteiger partial charge in [-0.25, -0.2) is 0 Å². The van der Waals surface area contributed by atoms with Crippen LogP contribution in [0.15, 0.2) is 12.1 Å². The molecule has 2 nitrogen and oxygen atoms in total. The zero-order valence-electron chi connectivity index (χ0n) is 9.55. The van der Waals surface area contributed by atoms with Crippen molar-refractivity contribution in [3.8, 4) is 0 Å². The van der Waals surface area contributed by atoms with Crippen molar-refractivity contribution >= 4 is 5.91 Å². The molecule has 0 fully saturated rings. The molecule has 0 saturated carbocycles. The summed E-state index contributed by atoms with van der Waals surface area (Å²) in [6, 6.07) is 4.19. The molecule has 0 aromatic heterocycles. The van der Waals surface area contributed by atoms with E-state index in [1.54, 1.807) is 0 Å². The summed E-state index contributed by atoms with van der Waals surface area (Å²) in [7, 11) is 0. The summed E-state index contributed by atoms with van der Waals surface area (Å²) in [5.41, 5.74) is 4.57. The standard InChI is InChI=1S/C13H17NO/c1-4-10-7-14-13(15)12-6-9(3)8(2)5-11(10)12/h5-6,10H,4,7H2,1-3H3,(H,14,15). The highest BCUT2D eigenvalue weighted by molar-refractivity contribution is 5.97. The molecule has 0 radical (unpaired) electrons. The molecule has 1 unspecified atom stereocenters. The van der Waals surface area contributed by atoms with Gasteiger partial charge in [0.2, 0.25) is 0 Å². The van der Waals surface area contributed by atoms with E-state index in [0.717, 1.165) is 18.5 Å². The van der Waals surface area contributed by atoms with Gasteiger partial charge in [-0.15, -0.1) is 0 Å². The highest BCUT2D eigenvalue weighted by atomic mass is 16.1. The highest BCUT2D eigenvalue weighted by Gasteiger charge is 2.24. The van der Waals surface area contributed by atoms with Crippen molar-refractivity contribution in [1.82, 2.24) is 5.32 Å². The predicted molar refractivity (Wildman–Crippen MR) is 61.3 cm³/mol. The topological polar surface area (TPSA) is 29.1 Å². The molecular weight excluding hydrogens is 186 g/mol. The van der Waals surface area contributed by atoms with Crippen LogP contribution in [0.3, 0.4) is 0 Å². The van der Waals surface area contributed by atoms with Gasteiger partial charge in [-0.05, 0) is 43.0 Å². The van der Waals surface area contributed by atoms with Crippen LogP contribution in [0.25, 0.3) is 0 Å². The molecular formula is C13H17NO. The summed E-state index contributed by atoms with van der Waals surface area (Å²) < 4.78 is 0. The van der Waals surface area contributed by atoms with E-state index in [9.17, 15) is 4.79 Å². The molecule has 2 heteroatoms. The molecule has 15 heavy (non-hydrogen) atoms. The second-order valence-electron chi connectivity index (χ2n) is 4.34. The Labute approximate surface area is 90.7 Å². The van der Waals surface area contributed by atoms with Crippen molar-refractivity contribution in [2.75, 3.05) is 6.54 Å². The number of hydrogen-bond acceptors (Lipinski definition) is 1. The molecule has 1 aliphatic heterocycles. The van der Waals surface area contributed by atoms with E-state index in [4.69, 9.17) is 0 Å². The Hall–Kier alpha value is -1.31. The summed E-state index contributed by atoms with van der Waals surface area (Å²) in [6.45, 7) is 7.11. The van der Waals surface area contributed by atoms with Crippen LogP contribution >= 0.6 is 0 Å². The van der Waals surface area contributed by atoms with E-state index < -0.39 is 0 Å². The SMILES string of the molecule is CCC1CNC(=O)c2cc(C)c(C)cc21. The van der Waals surface area contributed by atoms with Gasteiger partial charge in [0.15, 0.2) is 0 Å². The number of benzene rings is 1. The summed E-state index contributed by atoms with van der Waals surface area (Å²) in [6.07, 6.45) is 1.08. The van der Waals surface area contributed by atoms with Crippen molar-refractivity contribution in [1.29, 1.82) is 0 Å². The maximum atomic E-state index is 11.7. The number of carbonyl (C=O) groups excluding carboxylic acids is 1. The Morgan fingerprint density at radius 2 is 2.00 bits per heavy atom. The molecule has 80 valence electrons. The first-order valence-electron chi connectivity index (χ1n) is 5.52. The third-order valence-electron chi connectivity index (χ3n) is 3.35. The van der Waals surface area contributed by atoms with E-state index in [1.807, 2.05) is 6.07 Å². The van der Waals surface area contributed by atoms with Crippen molar-refractivity contribution < 1.29 is 4.79 Å². The molecule has 1 aromatic carbocycles. The summed E-state index contributed by atoms with van der Waals surface area (Å²) in [5.74, 6) is 0.565. The molecule has 0 bridgehead atoms. The third kappa shape index (κ3) is 1.65. The lowest BCUT2D eigenvalue weighted by atomic mass is 9.86. The number of carbonyl (C=O) groups is 1. The number of nitrogens with one attached hydrogen (secondary N) is 1. The van der Waals surface area contributed by atoms with Gasteiger partial charge >= 0.3 is 0 Å². The highest BCUT2D eigenvalue weighted by Crippen LogP contribution is 2.28. The summed E-state index contributed by atoms with van der Waals surface area (Å²) in [4.78, 5) is 11.7. The first kappa shape index (κ1) is 10.2. The largest absolute Gasteiger partial charge is 0.351 e. The fourth-order valence-corrected chi connectivity index (χ4v) is 2.16. The molecule has 1 aromatic rings. The number of hydrogen-bond donors (Lipinski definition) is 1. The first-order valence-corrected chi connectivity index (χ1v) is 5.52. The molecule has 1 amide bonds. The molecule has 2 rings (SSSR count). The van der Waals surface area contributed by atoms with Crippen LogP contribution in [0.2, 0.25) is 0 Å². The zero-order valence-corrected chi connectivity index (χ0v) is 9.55. The fourth-order valence-electron chi connectivity index (χ4n) is 2.16. The van der Waals surface area contributed by atoms with Crippen molar-refractivity contribution in [3.05, 3.63) is 34.4 Å². The minimum atomic E-state index is 0.0813. The molecule has 0 spiro atoms. The van der Waals surface area contributed by atoms with Crippen LogP contribution in [0.5, 0.6) is 0 Å². The molecule has 1 N–H and O–H groups in total.